The van der Waals surface area contributed by atoms with E-state index in [9.17, 15) is 4.79 Å². The minimum Gasteiger partial charge on any atom is -0.287 e. The van der Waals surface area contributed by atoms with Gasteiger partial charge in [-0.3, -0.25) is 4.79 Å². The fraction of sp³-hybridized carbons (Fsp3) is 0. The zero-order chi connectivity index (χ0) is 13.2. The van der Waals surface area contributed by atoms with Crippen molar-refractivity contribution in [2.45, 2.75) is 0 Å². The Bertz CT molecular complexity index is 756. The largest absolute Gasteiger partial charge is 0.287 e. The van der Waals surface area contributed by atoms with Crippen LogP contribution in [-0.2, 0) is 0 Å². The van der Waals surface area contributed by atoms with E-state index in [-0.39, 0.29) is 5.78 Å². The van der Waals surface area contributed by atoms with Gasteiger partial charge in [0.25, 0.3) is 0 Å². The Hall–Kier alpha value is -2.26. The quantitative estimate of drug-likeness (QED) is 0.668. The number of fused-ring (bicyclic) bond motifs is 1. The molecule has 0 atom stereocenters. The first-order chi connectivity index (χ1) is 9.25. The second kappa shape index (κ2) is 4.78. The number of carbonyl (C=O) groups is 1. The lowest BCUT2D eigenvalue weighted by Crippen LogP contribution is -2.05. The maximum absolute atomic E-state index is 12.3. The molecule has 0 aliphatic heterocycles. The number of carbonyl (C=O) groups excluding carboxylic acids is 1. The van der Waals surface area contributed by atoms with Crippen molar-refractivity contribution in [1.29, 1.82) is 0 Å². The monoisotopic (exact) mass is 268 g/mol. The molecule has 4 heteroatoms. The molecule has 0 saturated heterocycles. The van der Waals surface area contributed by atoms with Crippen LogP contribution in [0.25, 0.3) is 10.9 Å². The molecule has 0 fully saturated rings. The molecular weight excluding hydrogens is 260 g/mol. The van der Waals surface area contributed by atoms with Crippen LogP contribution in [-0.4, -0.2) is 16.0 Å². The van der Waals surface area contributed by atoms with Crippen LogP contribution in [0.1, 0.15) is 16.1 Å². The summed E-state index contributed by atoms with van der Waals surface area (Å²) in [5, 5.41) is 9.30. The third kappa shape index (κ3) is 2.20. The summed E-state index contributed by atoms with van der Waals surface area (Å²) in [5.41, 5.74) is 1.56. The van der Waals surface area contributed by atoms with Crippen molar-refractivity contribution in [2.75, 3.05) is 0 Å². The van der Waals surface area contributed by atoms with E-state index in [1.54, 1.807) is 30.3 Å². The maximum Gasteiger partial charge on any atom is 0.213 e. The molecule has 3 rings (SSSR count). The van der Waals surface area contributed by atoms with Crippen molar-refractivity contribution in [2.24, 2.45) is 0 Å². The Morgan fingerprint density at radius 2 is 1.74 bits per heavy atom. The van der Waals surface area contributed by atoms with Crippen LogP contribution in [0.5, 0.6) is 0 Å². The maximum atomic E-state index is 12.3. The standard InChI is InChI=1S/C15H9ClN2O/c16-12-7-4-8-13-11(12)9-14(18-17-13)15(19)10-5-2-1-3-6-10/h1-9H. The van der Waals surface area contributed by atoms with Crippen LogP contribution in [0, 0.1) is 0 Å². The van der Waals surface area contributed by atoms with Crippen molar-refractivity contribution >= 4 is 28.3 Å². The van der Waals surface area contributed by atoms with E-state index in [2.05, 4.69) is 10.2 Å². The number of rotatable bonds is 2. The molecule has 92 valence electrons. The second-order valence-corrected chi connectivity index (χ2v) is 4.50. The first-order valence-electron chi connectivity index (χ1n) is 5.77. The van der Waals surface area contributed by atoms with E-state index >= 15 is 0 Å². The van der Waals surface area contributed by atoms with Crippen LogP contribution < -0.4 is 0 Å². The molecule has 0 spiro atoms. The minimum atomic E-state index is -0.157. The Kier molecular flexibility index (Phi) is 2.97. The predicted molar refractivity (Wildman–Crippen MR) is 74.4 cm³/mol. The summed E-state index contributed by atoms with van der Waals surface area (Å²) in [6.07, 6.45) is 0. The molecule has 0 aliphatic carbocycles. The third-order valence-electron chi connectivity index (χ3n) is 2.85. The molecular formula is C15H9ClN2O. The summed E-state index contributed by atoms with van der Waals surface area (Å²) >= 11 is 6.10. The number of nitrogens with zero attached hydrogens (tertiary/aromatic N) is 2. The number of hydrogen-bond acceptors (Lipinski definition) is 3. The lowest BCUT2D eigenvalue weighted by Gasteiger charge is -2.02. The topological polar surface area (TPSA) is 42.9 Å². The molecule has 0 saturated carbocycles. The van der Waals surface area contributed by atoms with Gasteiger partial charge in [0.15, 0.2) is 0 Å². The molecule has 19 heavy (non-hydrogen) atoms. The van der Waals surface area contributed by atoms with E-state index in [1.165, 1.54) is 0 Å². The lowest BCUT2D eigenvalue weighted by molar-refractivity contribution is 0.103. The first-order valence-corrected chi connectivity index (χ1v) is 6.15. The summed E-state index contributed by atoms with van der Waals surface area (Å²) in [6.45, 7) is 0. The Morgan fingerprint density at radius 3 is 2.53 bits per heavy atom. The van der Waals surface area contributed by atoms with Crippen LogP contribution in [0.3, 0.4) is 0 Å². The average molecular weight is 269 g/mol. The Morgan fingerprint density at radius 1 is 0.947 bits per heavy atom. The summed E-state index contributed by atoms with van der Waals surface area (Å²) in [5.74, 6) is -0.157. The number of hydrogen-bond donors (Lipinski definition) is 0. The third-order valence-corrected chi connectivity index (χ3v) is 3.17. The lowest BCUT2D eigenvalue weighted by atomic mass is 10.1. The SMILES string of the molecule is O=C(c1ccccc1)c1cc2c(Cl)cccc2nn1. The number of ketones is 1. The van der Waals surface area contributed by atoms with Crippen LogP contribution in [0.4, 0.5) is 0 Å². The van der Waals surface area contributed by atoms with E-state index in [4.69, 9.17) is 11.6 Å². The van der Waals surface area contributed by atoms with Gasteiger partial charge in [0.05, 0.1) is 10.5 Å². The molecule has 1 heterocycles. The molecule has 1 aromatic heterocycles. The Balaban J connectivity index is 2.11. The Labute approximate surface area is 114 Å². The van der Waals surface area contributed by atoms with Crippen LogP contribution >= 0.6 is 11.6 Å². The van der Waals surface area contributed by atoms with Crippen molar-refractivity contribution in [3.63, 3.8) is 0 Å². The fourth-order valence-corrected chi connectivity index (χ4v) is 2.10. The zero-order valence-electron chi connectivity index (χ0n) is 9.88. The molecule has 3 nitrogen and oxygen atoms in total. The van der Waals surface area contributed by atoms with Gasteiger partial charge in [0.2, 0.25) is 5.78 Å². The highest BCUT2D eigenvalue weighted by molar-refractivity contribution is 6.35. The van der Waals surface area contributed by atoms with Crippen molar-refractivity contribution in [3.05, 3.63) is 70.9 Å². The molecule has 0 radical (unpaired) electrons. The number of benzene rings is 2. The van der Waals surface area contributed by atoms with Crippen LogP contribution in [0.15, 0.2) is 54.6 Å². The number of aromatic nitrogens is 2. The van der Waals surface area contributed by atoms with E-state index in [1.807, 2.05) is 24.3 Å². The highest BCUT2D eigenvalue weighted by Gasteiger charge is 2.12. The summed E-state index contributed by atoms with van der Waals surface area (Å²) < 4.78 is 0. The minimum absolute atomic E-state index is 0.157. The fourth-order valence-electron chi connectivity index (χ4n) is 1.88. The van der Waals surface area contributed by atoms with E-state index < -0.39 is 0 Å². The smallest absolute Gasteiger partial charge is 0.213 e. The first kappa shape index (κ1) is 11.8. The van der Waals surface area contributed by atoms with Gasteiger partial charge < -0.3 is 0 Å². The van der Waals surface area contributed by atoms with Crippen molar-refractivity contribution in [1.82, 2.24) is 10.2 Å². The summed E-state index contributed by atoms with van der Waals surface area (Å²) in [6, 6.07) is 16.1. The van der Waals surface area contributed by atoms with Gasteiger partial charge in [-0.05, 0) is 18.2 Å². The van der Waals surface area contributed by atoms with Gasteiger partial charge in [-0.15, -0.1) is 10.2 Å². The highest BCUT2D eigenvalue weighted by atomic mass is 35.5. The molecule has 2 aromatic carbocycles. The van der Waals surface area contributed by atoms with Gasteiger partial charge in [0.1, 0.15) is 5.69 Å². The van der Waals surface area contributed by atoms with Gasteiger partial charge in [0, 0.05) is 10.9 Å². The van der Waals surface area contributed by atoms with Crippen LogP contribution in [0.2, 0.25) is 5.02 Å². The summed E-state index contributed by atoms with van der Waals surface area (Å²) in [4.78, 5) is 12.3. The second-order valence-electron chi connectivity index (χ2n) is 4.10. The van der Waals surface area contributed by atoms with Gasteiger partial charge in [-0.25, -0.2) is 0 Å². The summed E-state index contributed by atoms with van der Waals surface area (Å²) in [7, 11) is 0. The van der Waals surface area contributed by atoms with Crippen molar-refractivity contribution < 1.29 is 4.79 Å². The molecule has 0 bridgehead atoms. The predicted octanol–water partition coefficient (Wildman–Crippen LogP) is 3.51. The molecule has 0 unspecified atom stereocenters. The molecule has 0 aliphatic rings. The van der Waals surface area contributed by atoms with Gasteiger partial charge >= 0.3 is 0 Å². The van der Waals surface area contributed by atoms with Gasteiger partial charge in [-0.2, -0.15) is 0 Å². The highest BCUT2D eigenvalue weighted by Crippen LogP contribution is 2.22. The average Bonchev–Trinajstić information content (AvgIpc) is 2.47. The molecule has 0 N–H and O–H groups in total. The van der Waals surface area contributed by atoms with Crippen molar-refractivity contribution in [3.8, 4) is 0 Å². The number of halogens is 1. The zero-order valence-corrected chi connectivity index (χ0v) is 10.6. The molecule has 3 aromatic rings. The molecule has 0 amide bonds. The van der Waals surface area contributed by atoms with E-state index in [0.717, 1.165) is 5.39 Å². The van der Waals surface area contributed by atoms with E-state index in [0.29, 0.717) is 21.8 Å². The normalized spacial score (nSPS) is 10.6. The van der Waals surface area contributed by atoms with Gasteiger partial charge in [-0.1, -0.05) is 48.0 Å².